The van der Waals surface area contributed by atoms with Crippen LogP contribution in [0.25, 0.3) is 0 Å². The molecule has 2 N–H and O–H groups in total. The van der Waals surface area contributed by atoms with Gasteiger partial charge in [0.1, 0.15) is 0 Å². The normalized spacial score (nSPS) is 20.0. The van der Waals surface area contributed by atoms with Crippen LogP contribution in [0.5, 0.6) is 0 Å². The molecule has 0 unspecified atom stereocenters. The predicted molar refractivity (Wildman–Crippen MR) is 40.1 cm³/mol. The third-order valence-corrected chi connectivity index (χ3v) is 1.72. The summed E-state index contributed by atoms with van der Waals surface area (Å²) in [5.74, 6) is 0. The van der Waals surface area contributed by atoms with Gasteiger partial charge in [-0.05, 0) is 18.4 Å². The molecule has 0 bridgehead atoms. The summed E-state index contributed by atoms with van der Waals surface area (Å²) in [6.45, 7) is 2.11. The van der Waals surface area contributed by atoms with E-state index in [-0.39, 0.29) is 0 Å². The summed E-state index contributed by atoms with van der Waals surface area (Å²) in [5, 5.41) is 0. The highest BCUT2D eigenvalue weighted by Crippen LogP contribution is 2.14. The molecule has 1 aliphatic carbocycles. The second kappa shape index (κ2) is 2.83. The molecule has 0 heterocycles. The molecule has 0 saturated heterocycles. The minimum absolute atomic E-state index is 0.292. The van der Waals surface area contributed by atoms with Gasteiger partial charge < -0.3 is 5.73 Å². The van der Waals surface area contributed by atoms with E-state index in [2.05, 4.69) is 25.2 Å². The first-order valence-corrected chi connectivity index (χ1v) is 3.45. The van der Waals surface area contributed by atoms with E-state index in [1.807, 2.05) is 0 Å². The lowest BCUT2D eigenvalue weighted by Crippen LogP contribution is -2.20. The van der Waals surface area contributed by atoms with Crippen LogP contribution < -0.4 is 5.73 Å². The molecular formula is C8H13N. The van der Waals surface area contributed by atoms with Crippen molar-refractivity contribution in [2.45, 2.75) is 25.8 Å². The number of hydrogen-bond acceptors (Lipinski definition) is 1. The molecule has 0 aromatic carbocycles. The third kappa shape index (κ3) is 1.42. The maximum Gasteiger partial charge on any atom is 0.0257 e. The highest BCUT2D eigenvalue weighted by atomic mass is 14.6. The average molecular weight is 123 g/mol. The second-order valence-corrected chi connectivity index (χ2v) is 2.39. The molecular weight excluding hydrogens is 110 g/mol. The molecule has 50 valence electrons. The fourth-order valence-corrected chi connectivity index (χ4v) is 1.00. The Balaban J connectivity index is 2.45. The molecule has 0 spiro atoms. The fourth-order valence-electron chi connectivity index (χ4n) is 1.00. The van der Waals surface area contributed by atoms with Crippen LogP contribution in [-0.2, 0) is 0 Å². The van der Waals surface area contributed by atoms with E-state index >= 15 is 0 Å². The molecule has 0 aliphatic heterocycles. The Bertz CT molecular complexity index is 145. The quantitative estimate of drug-likeness (QED) is 0.593. The van der Waals surface area contributed by atoms with Crippen molar-refractivity contribution in [3.05, 3.63) is 23.8 Å². The first kappa shape index (κ1) is 6.56. The topological polar surface area (TPSA) is 26.0 Å². The Morgan fingerprint density at radius 3 is 3.00 bits per heavy atom. The van der Waals surface area contributed by atoms with Crippen LogP contribution in [0.2, 0.25) is 0 Å². The Kier molecular flexibility index (Phi) is 2.06. The molecule has 1 atom stereocenters. The second-order valence-electron chi connectivity index (χ2n) is 2.39. The van der Waals surface area contributed by atoms with Gasteiger partial charge in [0.25, 0.3) is 0 Å². The first-order chi connectivity index (χ1) is 4.34. The zero-order chi connectivity index (χ0) is 6.69. The minimum atomic E-state index is 0.292. The molecule has 1 rings (SSSR count). The maximum absolute atomic E-state index is 5.77. The molecule has 1 heteroatoms. The van der Waals surface area contributed by atoms with Crippen molar-refractivity contribution in [2.24, 2.45) is 5.73 Å². The Hall–Kier alpha value is -0.560. The van der Waals surface area contributed by atoms with Crippen LogP contribution in [-0.4, -0.2) is 6.04 Å². The Morgan fingerprint density at radius 1 is 1.78 bits per heavy atom. The third-order valence-electron chi connectivity index (χ3n) is 1.72. The zero-order valence-electron chi connectivity index (χ0n) is 5.80. The molecule has 0 saturated carbocycles. The molecule has 0 radical (unpaired) electrons. The van der Waals surface area contributed by atoms with Crippen LogP contribution in [0.15, 0.2) is 23.8 Å². The summed E-state index contributed by atoms with van der Waals surface area (Å²) in [6.07, 6.45) is 8.45. The van der Waals surface area contributed by atoms with Crippen LogP contribution in [0.4, 0.5) is 0 Å². The molecule has 0 fully saturated rings. The lowest BCUT2D eigenvalue weighted by atomic mass is 10.1. The van der Waals surface area contributed by atoms with Gasteiger partial charge in [0.2, 0.25) is 0 Å². The average Bonchev–Trinajstić information content (AvgIpc) is 2.37. The lowest BCUT2D eigenvalue weighted by molar-refractivity contribution is 0.728. The largest absolute Gasteiger partial charge is 0.324 e. The van der Waals surface area contributed by atoms with Crippen molar-refractivity contribution in [2.75, 3.05) is 0 Å². The molecule has 0 aromatic rings. The standard InChI is InChI=1S/C8H13N/c1-2-8(9)7-5-3-4-6-7/h3-5,8H,2,6,9H2,1H3/t8-/m1/s1. The van der Waals surface area contributed by atoms with Crippen LogP contribution in [0.1, 0.15) is 19.8 Å². The van der Waals surface area contributed by atoms with E-state index in [1.165, 1.54) is 5.57 Å². The molecule has 9 heavy (non-hydrogen) atoms. The van der Waals surface area contributed by atoms with E-state index in [0.29, 0.717) is 6.04 Å². The zero-order valence-corrected chi connectivity index (χ0v) is 5.80. The van der Waals surface area contributed by atoms with Crippen molar-refractivity contribution in [1.29, 1.82) is 0 Å². The first-order valence-electron chi connectivity index (χ1n) is 3.45. The lowest BCUT2D eigenvalue weighted by Gasteiger charge is -2.08. The van der Waals surface area contributed by atoms with Crippen LogP contribution in [0.3, 0.4) is 0 Å². The summed E-state index contributed by atoms with van der Waals surface area (Å²) in [6, 6.07) is 0.292. The van der Waals surface area contributed by atoms with Gasteiger partial charge in [-0.2, -0.15) is 0 Å². The van der Waals surface area contributed by atoms with Crippen molar-refractivity contribution >= 4 is 0 Å². The summed E-state index contributed by atoms with van der Waals surface area (Å²) >= 11 is 0. The van der Waals surface area contributed by atoms with Crippen molar-refractivity contribution < 1.29 is 0 Å². The summed E-state index contributed by atoms with van der Waals surface area (Å²) < 4.78 is 0. The molecule has 0 amide bonds. The van der Waals surface area contributed by atoms with Crippen LogP contribution >= 0.6 is 0 Å². The highest BCUT2D eigenvalue weighted by Gasteiger charge is 2.06. The van der Waals surface area contributed by atoms with E-state index in [0.717, 1.165) is 12.8 Å². The summed E-state index contributed by atoms with van der Waals surface area (Å²) in [7, 11) is 0. The summed E-state index contributed by atoms with van der Waals surface area (Å²) in [5.41, 5.74) is 7.14. The Morgan fingerprint density at radius 2 is 2.56 bits per heavy atom. The van der Waals surface area contributed by atoms with E-state index in [9.17, 15) is 0 Å². The van der Waals surface area contributed by atoms with E-state index in [4.69, 9.17) is 5.73 Å². The smallest absolute Gasteiger partial charge is 0.0257 e. The van der Waals surface area contributed by atoms with Gasteiger partial charge in [-0.25, -0.2) is 0 Å². The van der Waals surface area contributed by atoms with Gasteiger partial charge in [0.05, 0.1) is 0 Å². The number of hydrogen-bond donors (Lipinski definition) is 1. The fraction of sp³-hybridized carbons (Fsp3) is 0.500. The number of nitrogens with two attached hydrogens (primary N) is 1. The molecule has 1 aliphatic rings. The summed E-state index contributed by atoms with van der Waals surface area (Å²) in [4.78, 5) is 0. The number of allylic oxidation sites excluding steroid dienone is 3. The maximum atomic E-state index is 5.77. The molecule has 1 nitrogen and oxygen atoms in total. The van der Waals surface area contributed by atoms with E-state index < -0.39 is 0 Å². The van der Waals surface area contributed by atoms with Crippen molar-refractivity contribution in [3.63, 3.8) is 0 Å². The van der Waals surface area contributed by atoms with Crippen molar-refractivity contribution in [3.8, 4) is 0 Å². The predicted octanol–water partition coefficient (Wildman–Crippen LogP) is 1.61. The van der Waals surface area contributed by atoms with E-state index in [1.54, 1.807) is 0 Å². The Labute approximate surface area is 56.2 Å². The number of rotatable bonds is 2. The van der Waals surface area contributed by atoms with Gasteiger partial charge in [0, 0.05) is 6.04 Å². The van der Waals surface area contributed by atoms with Gasteiger partial charge in [-0.15, -0.1) is 0 Å². The van der Waals surface area contributed by atoms with Gasteiger partial charge in [-0.3, -0.25) is 0 Å². The molecule has 0 aromatic heterocycles. The monoisotopic (exact) mass is 123 g/mol. The van der Waals surface area contributed by atoms with Gasteiger partial charge in [-0.1, -0.05) is 25.2 Å². The van der Waals surface area contributed by atoms with Crippen LogP contribution in [0, 0.1) is 0 Å². The SMILES string of the molecule is CC[C@@H](N)C1=CC=CC1. The van der Waals surface area contributed by atoms with Crippen molar-refractivity contribution in [1.82, 2.24) is 0 Å². The van der Waals surface area contributed by atoms with Gasteiger partial charge >= 0.3 is 0 Å². The van der Waals surface area contributed by atoms with Gasteiger partial charge in [0.15, 0.2) is 0 Å². The minimum Gasteiger partial charge on any atom is -0.324 e. The highest BCUT2D eigenvalue weighted by molar-refractivity contribution is 5.26.